The van der Waals surface area contributed by atoms with Crippen LogP contribution in [0.5, 0.6) is 0 Å². The van der Waals surface area contributed by atoms with Gasteiger partial charge in [0.1, 0.15) is 0 Å². The third kappa shape index (κ3) is 3.78. The monoisotopic (exact) mass is 200 g/mol. The first-order valence-electron chi connectivity index (χ1n) is 5.23. The Morgan fingerprint density at radius 1 is 1.57 bits per heavy atom. The van der Waals surface area contributed by atoms with E-state index in [0.717, 1.165) is 24.8 Å². The summed E-state index contributed by atoms with van der Waals surface area (Å²) >= 11 is 0. The highest BCUT2D eigenvalue weighted by Crippen LogP contribution is 2.22. The Labute approximate surface area is 85.7 Å². The number of methoxy groups -OCH3 is 1. The SMILES string of the molecule is COCCO[C@H]1C=C(C(C)O)CCC1. The van der Waals surface area contributed by atoms with E-state index in [1.54, 1.807) is 7.11 Å². The molecule has 1 N–H and O–H groups in total. The summed E-state index contributed by atoms with van der Waals surface area (Å²) in [5.74, 6) is 0. The van der Waals surface area contributed by atoms with Crippen LogP contribution >= 0.6 is 0 Å². The highest BCUT2D eigenvalue weighted by Gasteiger charge is 2.16. The minimum atomic E-state index is -0.330. The van der Waals surface area contributed by atoms with Crippen molar-refractivity contribution in [2.75, 3.05) is 20.3 Å². The average molecular weight is 200 g/mol. The van der Waals surface area contributed by atoms with Gasteiger partial charge >= 0.3 is 0 Å². The van der Waals surface area contributed by atoms with Crippen molar-refractivity contribution < 1.29 is 14.6 Å². The van der Waals surface area contributed by atoms with E-state index in [4.69, 9.17) is 9.47 Å². The molecular weight excluding hydrogens is 180 g/mol. The molecule has 0 saturated heterocycles. The van der Waals surface area contributed by atoms with Gasteiger partial charge in [0.05, 0.1) is 25.4 Å². The van der Waals surface area contributed by atoms with Crippen molar-refractivity contribution >= 4 is 0 Å². The van der Waals surface area contributed by atoms with Crippen LogP contribution in [0.1, 0.15) is 26.2 Å². The first kappa shape index (κ1) is 11.7. The van der Waals surface area contributed by atoms with E-state index < -0.39 is 0 Å². The summed E-state index contributed by atoms with van der Waals surface area (Å²) in [5.41, 5.74) is 1.11. The summed E-state index contributed by atoms with van der Waals surface area (Å²) in [6, 6.07) is 0. The van der Waals surface area contributed by atoms with Gasteiger partial charge in [-0.25, -0.2) is 0 Å². The van der Waals surface area contributed by atoms with Gasteiger partial charge in [0.15, 0.2) is 0 Å². The highest BCUT2D eigenvalue weighted by atomic mass is 16.5. The van der Waals surface area contributed by atoms with Crippen molar-refractivity contribution in [3.8, 4) is 0 Å². The molecule has 0 aromatic rings. The quantitative estimate of drug-likeness (QED) is 0.540. The molecule has 14 heavy (non-hydrogen) atoms. The van der Waals surface area contributed by atoms with Gasteiger partial charge in [-0.15, -0.1) is 0 Å². The van der Waals surface area contributed by atoms with Gasteiger partial charge in [-0.1, -0.05) is 6.08 Å². The Balaban J connectivity index is 2.34. The molecule has 3 nitrogen and oxygen atoms in total. The second kappa shape index (κ2) is 6.17. The van der Waals surface area contributed by atoms with Gasteiger partial charge in [0, 0.05) is 7.11 Å². The largest absolute Gasteiger partial charge is 0.389 e. The Morgan fingerprint density at radius 2 is 2.36 bits per heavy atom. The Bertz CT molecular complexity index is 187. The number of hydrogen-bond donors (Lipinski definition) is 1. The molecule has 1 rings (SSSR count). The minimum Gasteiger partial charge on any atom is -0.389 e. The van der Waals surface area contributed by atoms with Gasteiger partial charge < -0.3 is 14.6 Å². The summed E-state index contributed by atoms with van der Waals surface area (Å²) in [4.78, 5) is 0. The molecule has 0 aromatic heterocycles. The fourth-order valence-electron chi connectivity index (χ4n) is 1.68. The zero-order chi connectivity index (χ0) is 10.4. The van der Waals surface area contributed by atoms with Crippen LogP contribution in [0.4, 0.5) is 0 Å². The molecule has 0 radical (unpaired) electrons. The van der Waals surface area contributed by atoms with Crippen molar-refractivity contribution in [3.63, 3.8) is 0 Å². The first-order chi connectivity index (χ1) is 6.74. The van der Waals surface area contributed by atoms with Crippen molar-refractivity contribution in [2.24, 2.45) is 0 Å². The molecule has 0 saturated carbocycles. The maximum absolute atomic E-state index is 9.42. The molecule has 1 unspecified atom stereocenters. The number of hydrogen-bond acceptors (Lipinski definition) is 3. The van der Waals surface area contributed by atoms with Crippen LogP contribution in [0.2, 0.25) is 0 Å². The van der Waals surface area contributed by atoms with Crippen LogP contribution < -0.4 is 0 Å². The van der Waals surface area contributed by atoms with Crippen molar-refractivity contribution in [2.45, 2.75) is 38.4 Å². The first-order valence-corrected chi connectivity index (χ1v) is 5.23. The maximum atomic E-state index is 9.42. The molecule has 0 fully saturated rings. The second-order valence-corrected chi connectivity index (χ2v) is 3.71. The van der Waals surface area contributed by atoms with E-state index in [2.05, 4.69) is 6.08 Å². The van der Waals surface area contributed by atoms with E-state index in [-0.39, 0.29) is 12.2 Å². The molecule has 0 heterocycles. The smallest absolute Gasteiger partial charge is 0.0760 e. The lowest BCUT2D eigenvalue weighted by Gasteiger charge is -2.22. The maximum Gasteiger partial charge on any atom is 0.0760 e. The number of ether oxygens (including phenoxy) is 2. The summed E-state index contributed by atoms with van der Waals surface area (Å²) in [5, 5.41) is 9.42. The van der Waals surface area contributed by atoms with Gasteiger partial charge in [0.2, 0.25) is 0 Å². The molecule has 1 aliphatic rings. The normalized spacial score (nSPS) is 24.5. The Hall–Kier alpha value is -0.380. The topological polar surface area (TPSA) is 38.7 Å². The molecule has 0 aliphatic heterocycles. The highest BCUT2D eigenvalue weighted by molar-refractivity contribution is 5.12. The molecular formula is C11H20O3. The number of aliphatic hydroxyl groups is 1. The van der Waals surface area contributed by atoms with Gasteiger partial charge in [-0.2, -0.15) is 0 Å². The fraction of sp³-hybridized carbons (Fsp3) is 0.818. The van der Waals surface area contributed by atoms with Crippen LogP contribution in [0.15, 0.2) is 11.6 Å². The summed E-state index contributed by atoms with van der Waals surface area (Å²) < 4.78 is 10.5. The zero-order valence-corrected chi connectivity index (χ0v) is 9.03. The standard InChI is InChI=1S/C11H20O3/c1-9(12)10-4-3-5-11(8-10)14-7-6-13-2/h8-9,11-12H,3-7H2,1-2H3/t9?,11-/m1/s1. The van der Waals surface area contributed by atoms with Crippen molar-refractivity contribution in [1.29, 1.82) is 0 Å². The second-order valence-electron chi connectivity index (χ2n) is 3.71. The molecule has 0 spiro atoms. The van der Waals surface area contributed by atoms with E-state index in [1.165, 1.54) is 0 Å². The summed E-state index contributed by atoms with van der Waals surface area (Å²) in [6.07, 6.45) is 5.06. The molecule has 1 aliphatic carbocycles. The van der Waals surface area contributed by atoms with Crippen LogP contribution in [0.3, 0.4) is 0 Å². The summed E-state index contributed by atoms with van der Waals surface area (Å²) in [7, 11) is 1.67. The van der Waals surface area contributed by atoms with Crippen molar-refractivity contribution in [1.82, 2.24) is 0 Å². The Morgan fingerprint density at radius 3 is 3.00 bits per heavy atom. The zero-order valence-electron chi connectivity index (χ0n) is 9.03. The predicted octanol–water partition coefficient (Wildman–Crippen LogP) is 1.51. The summed E-state index contributed by atoms with van der Waals surface area (Å²) in [6.45, 7) is 3.07. The molecule has 82 valence electrons. The van der Waals surface area contributed by atoms with Gasteiger partial charge in [0.25, 0.3) is 0 Å². The lowest BCUT2D eigenvalue weighted by molar-refractivity contribution is 0.0314. The molecule has 0 amide bonds. The molecule has 2 atom stereocenters. The number of aliphatic hydroxyl groups excluding tert-OH is 1. The minimum absolute atomic E-state index is 0.170. The molecule has 3 heteroatoms. The third-order valence-corrected chi connectivity index (χ3v) is 2.51. The van der Waals surface area contributed by atoms with Gasteiger partial charge in [-0.05, 0) is 31.8 Å². The molecule has 0 aromatic carbocycles. The van der Waals surface area contributed by atoms with Crippen LogP contribution in [0, 0.1) is 0 Å². The van der Waals surface area contributed by atoms with E-state index in [0.29, 0.717) is 13.2 Å². The lowest BCUT2D eigenvalue weighted by atomic mass is 9.94. The van der Waals surface area contributed by atoms with E-state index in [9.17, 15) is 5.11 Å². The van der Waals surface area contributed by atoms with Crippen molar-refractivity contribution in [3.05, 3.63) is 11.6 Å². The van der Waals surface area contributed by atoms with Crippen LogP contribution in [0.25, 0.3) is 0 Å². The number of rotatable bonds is 5. The average Bonchev–Trinajstić information content (AvgIpc) is 2.19. The predicted molar refractivity (Wildman–Crippen MR) is 55.2 cm³/mol. The van der Waals surface area contributed by atoms with E-state index in [1.807, 2.05) is 6.92 Å². The van der Waals surface area contributed by atoms with Crippen LogP contribution in [-0.4, -0.2) is 37.6 Å². The third-order valence-electron chi connectivity index (χ3n) is 2.51. The van der Waals surface area contributed by atoms with E-state index >= 15 is 0 Å². The Kier molecular flexibility index (Phi) is 5.15. The fourth-order valence-corrected chi connectivity index (χ4v) is 1.68. The lowest BCUT2D eigenvalue weighted by Crippen LogP contribution is -2.20. The van der Waals surface area contributed by atoms with Crippen LogP contribution in [-0.2, 0) is 9.47 Å². The molecule has 0 bridgehead atoms. The van der Waals surface area contributed by atoms with Gasteiger partial charge in [-0.3, -0.25) is 0 Å².